The van der Waals surface area contributed by atoms with Gasteiger partial charge in [-0.2, -0.15) is 0 Å². The molecule has 192 valence electrons. The van der Waals surface area contributed by atoms with Crippen LogP contribution >= 0.6 is 0 Å². The average molecular weight is 490 g/mol. The summed E-state index contributed by atoms with van der Waals surface area (Å²) in [6, 6.07) is 16.9. The van der Waals surface area contributed by atoms with Crippen molar-refractivity contribution >= 4 is 17.7 Å². The van der Waals surface area contributed by atoms with Crippen LogP contribution in [0.4, 0.5) is 0 Å². The number of rotatable bonds is 5. The Morgan fingerprint density at radius 1 is 0.778 bits per heavy atom. The summed E-state index contributed by atoms with van der Waals surface area (Å²) >= 11 is 0. The minimum atomic E-state index is -0.232. The number of likely N-dealkylation sites (tertiary alicyclic amines) is 1. The number of benzene rings is 2. The molecule has 1 aliphatic heterocycles. The molecule has 1 saturated carbocycles. The maximum Gasteiger partial charge on any atom is 0.253 e. The van der Waals surface area contributed by atoms with Crippen molar-refractivity contribution in [1.29, 1.82) is 0 Å². The first kappa shape index (κ1) is 25.9. The summed E-state index contributed by atoms with van der Waals surface area (Å²) in [6.07, 6.45) is 5.34. The zero-order valence-electron chi connectivity index (χ0n) is 21.8. The van der Waals surface area contributed by atoms with Gasteiger partial charge in [0, 0.05) is 36.3 Å². The molecule has 3 amide bonds. The molecular weight excluding hydrogens is 450 g/mol. The molecule has 0 radical (unpaired) electrons. The van der Waals surface area contributed by atoms with Gasteiger partial charge in [0.25, 0.3) is 11.8 Å². The lowest BCUT2D eigenvalue weighted by molar-refractivity contribution is -0.127. The predicted octanol–water partition coefficient (Wildman–Crippen LogP) is 4.69. The highest BCUT2D eigenvalue weighted by atomic mass is 16.2. The van der Waals surface area contributed by atoms with Crippen molar-refractivity contribution in [2.24, 2.45) is 5.92 Å². The fraction of sp³-hybridized carbons (Fsp3) is 0.500. The van der Waals surface area contributed by atoms with Crippen LogP contribution in [0.2, 0.25) is 0 Å². The van der Waals surface area contributed by atoms with Gasteiger partial charge in [-0.15, -0.1) is 0 Å². The topological polar surface area (TPSA) is 78.5 Å². The molecule has 2 fully saturated rings. The van der Waals surface area contributed by atoms with Crippen LogP contribution in [0.5, 0.6) is 0 Å². The Morgan fingerprint density at radius 2 is 1.42 bits per heavy atom. The van der Waals surface area contributed by atoms with E-state index < -0.39 is 0 Å². The number of amides is 3. The second-order valence-electron chi connectivity index (χ2n) is 11.3. The number of hydrogen-bond donors (Lipinski definition) is 2. The number of carbonyl (C=O) groups is 3. The van der Waals surface area contributed by atoms with Gasteiger partial charge in [0.2, 0.25) is 5.91 Å². The number of carbonyl (C=O) groups excluding carboxylic acids is 3. The van der Waals surface area contributed by atoms with Gasteiger partial charge in [0.1, 0.15) is 0 Å². The second-order valence-corrected chi connectivity index (χ2v) is 11.3. The van der Waals surface area contributed by atoms with Gasteiger partial charge >= 0.3 is 0 Å². The van der Waals surface area contributed by atoms with E-state index in [2.05, 4.69) is 31.4 Å². The summed E-state index contributed by atoms with van der Waals surface area (Å²) in [5.74, 6) is -0.363. The third kappa shape index (κ3) is 6.34. The molecule has 2 aliphatic rings. The van der Waals surface area contributed by atoms with Crippen LogP contribution in [0.3, 0.4) is 0 Å². The van der Waals surface area contributed by atoms with E-state index in [1.807, 2.05) is 47.4 Å². The zero-order valence-corrected chi connectivity index (χ0v) is 21.8. The van der Waals surface area contributed by atoms with Crippen LogP contribution in [0, 0.1) is 5.92 Å². The van der Waals surface area contributed by atoms with Crippen molar-refractivity contribution in [3.63, 3.8) is 0 Å². The number of hydrogen-bond acceptors (Lipinski definition) is 3. The van der Waals surface area contributed by atoms with E-state index in [9.17, 15) is 14.4 Å². The molecular formula is C30H39N3O3. The Kier molecular flexibility index (Phi) is 8.12. The van der Waals surface area contributed by atoms with Crippen molar-refractivity contribution in [3.05, 3.63) is 71.3 Å². The molecule has 1 saturated heterocycles. The van der Waals surface area contributed by atoms with Gasteiger partial charge in [0.15, 0.2) is 0 Å². The third-order valence-electron chi connectivity index (χ3n) is 7.52. The molecule has 4 rings (SSSR count). The largest absolute Gasteiger partial charge is 0.351 e. The number of piperidine rings is 1. The molecule has 3 atom stereocenters. The summed E-state index contributed by atoms with van der Waals surface area (Å²) in [6.45, 7) is 7.56. The molecule has 36 heavy (non-hydrogen) atoms. The monoisotopic (exact) mass is 489 g/mol. The molecule has 0 unspecified atom stereocenters. The van der Waals surface area contributed by atoms with Gasteiger partial charge in [-0.25, -0.2) is 0 Å². The number of nitrogens with one attached hydrogen (secondary N) is 2. The maximum absolute atomic E-state index is 13.3. The molecule has 6 nitrogen and oxygen atoms in total. The van der Waals surface area contributed by atoms with E-state index in [4.69, 9.17) is 0 Å². The Labute approximate surface area is 214 Å². The first-order valence-corrected chi connectivity index (χ1v) is 13.3. The fourth-order valence-corrected chi connectivity index (χ4v) is 5.29. The van der Waals surface area contributed by atoms with Gasteiger partial charge in [-0.05, 0) is 60.9 Å². The lowest BCUT2D eigenvalue weighted by atomic mass is 9.86. The van der Waals surface area contributed by atoms with E-state index in [1.54, 1.807) is 12.1 Å². The van der Waals surface area contributed by atoms with Crippen LogP contribution in [0.1, 0.15) is 85.6 Å². The first-order chi connectivity index (χ1) is 17.2. The van der Waals surface area contributed by atoms with Crippen LogP contribution in [-0.2, 0) is 10.2 Å². The lowest BCUT2D eigenvalue weighted by Gasteiger charge is -2.36. The highest BCUT2D eigenvalue weighted by Gasteiger charge is 2.33. The number of nitrogens with zero attached hydrogens (tertiary/aromatic N) is 1. The first-order valence-electron chi connectivity index (χ1n) is 13.3. The van der Waals surface area contributed by atoms with Crippen molar-refractivity contribution in [3.8, 4) is 0 Å². The molecule has 2 aromatic rings. The van der Waals surface area contributed by atoms with E-state index in [-0.39, 0.29) is 41.1 Å². The predicted molar refractivity (Wildman–Crippen MR) is 142 cm³/mol. The SMILES string of the molecule is CC(C)(C)c1ccc(C(=O)N2CCC[C@H](C(=O)N[C@@H]3CCCC[C@H]3NC(=O)c3ccccc3)C2)cc1. The standard InChI is InChI=1S/C30H39N3O3/c1-30(2,3)24-17-15-22(16-18-24)29(36)33-19-9-12-23(20-33)28(35)32-26-14-8-7-13-25(26)31-27(34)21-10-5-4-6-11-21/h4-6,10-11,15-18,23,25-26H,7-9,12-14,19-20H2,1-3H3,(H,31,34)(H,32,35)/t23-,25+,26+/m0/s1. The minimum absolute atomic E-state index is 0.0126. The van der Waals surface area contributed by atoms with E-state index in [1.165, 1.54) is 5.56 Å². The average Bonchev–Trinajstić information content (AvgIpc) is 2.89. The van der Waals surface area contributed by atoms with Crippen molar-refractivity contribution in [2.75, 3.05) is 13.1 Å². The molecule has 1 heterocycles. The molecule has 0 spiro atoms. The van der Waals surface area contributed by atoms with Gasteiger partial charge in [-0.3, -0.25) is 14.4 Å². The molecule has 0 bridgehead atoms. The Morgan fingerprint density at radius 3 is 2.06 bits per heavy atom. The Hall–Kier alpha value is -3.15. The summed E-state index contributed by atoms with van der Waals surface area (Å²) in [5, 5.41) is 6.37. The molecule has 6 heteroatoms. The van der Waals surface area contributed by atoms with Crippen LogP contribution < -0.4 is 10.6 Å². The summed E-state index contributed by atoms with van der Waals surface area (Å²) < 4.78 is 0. The molecule has 2 aromatic carbocycles. The Balaban J connectivity index is 1.36. The van der Waals surface area contributed by atoms with Crippen molar-refractivity contribution in [1.82, 2.24) is 15.5 Å². The Bertz CT molecular complexity index is 1060. The maximum atomic E-state index is 13.3. The van der Waals surface area contributed by atoms with Crippen molar-refractivity contribution < 1.29 is 14.4 Å². The van der Waals surface area contributed by atoms with Gasteiger partial charge < -0.3 is 15.5 Å². The molecule has 2 N–H and O–H groups in total. The zero-order chi connectivity index (χ0) is 25.7. The summed E-state index contributed by atoms with van der Waals surface area (Å²) in [7, 11) is 0. The van der Waals surface area contributed by atoms with Gasteiger partial charge in [0.05, 0.1) is 5.92 Å². The van der Waals surface area contributed by atoms with Gasteiger partial charge in [-0.1, -0.05) is 63.9 Å². The summed E-state index contributed by atoms with van der Waals surface area (Å²) in [4.78, 5) is 41.0. The van der Waals surface area contributed by atoms with E-state index in [0.717, 1.165) is 38.5 Å². The van der Waals surface area contributed by atoms with E-state index >= 15 is 0 Å². The van der Waals surface area contributed by atoms with Crippen LogP contribution in [-0.4, -0.2) is 47.8 Å². The minimum Gasteiger partial charge on any atom is -0.351 e. The quantitative estimate of drug-likeness (QED) is 0.639. The second kappa shape index (κ2) is 11.3. The third-order valence-corrected chi connectivity index (χ3v) is 7.52. The van der Waals surface area contributed by atoms with E-state index in [0.29, 0.717) is 24.2 Å². The fourth-order valence-electron chi connectivity index (χ4n) is 5.29. The normalized spacial score (nSPS) is 22.5. The van der Waals surface area contributed by atoms with Crippen LogP contribution in [0.15, 0.2) is 54.6 Å². The molecule has 0 aromatic heterocycles. The summed E-state index contributed by atoms with van der Waals surface area (Å²) in [5.41, 5.74) is 2.52. The highest BCUT2D eigenvalue weighted by molar-refractivity contribution is 5.95. The smallest absolute Gasteiger partial charge is 0.253 e. The lowest BCUT2D eigenvalue weighted by Crippen LogP contribution is -2.55. The molecule has 1 aliphatic carbocycles. The van der Waals surface area contributed by atoms with Crippen molar-refractivity contribution in [2.45, 2.75) is 76.8 Å². The van der Waals surface area contributed by atoms with Crippen LogP contribution in [0.25, 0.3) is 0 Å². The highest BCUT2D eigenvalue weighted by Crippen LogP contribution is 2.25.